The smallest absolute Gasteiger partial charge is 0.208 e. The maximum atomic E-state index is 9.35. The van der Waals surface area contributed by atoms with E-state index in [-0.39, 0.29) is 0 Å². The maximum Gasteiger partial charge on any atom is 0.208 e. The van der Waals surface area contributed by atoms with Crippen LogP contribution in [0.15, 0.2) is 36.8 Å². The van der Waals surface area contributed by atoms with E-state index >= 15 is 0 Å². The molecule has 0 N–H and O–H groups in total. The Morgan fingerprint density at radius 2 is 2.00 bits per heavy atom. The van der Waals surface area contributed by atoms with Crippen molar-refractivity contribution >= 4 is 22.2 Å². The molecule has 0 unspecified atom stereocenters. The molecule has 124 valence electrons. The number of aromatic nitrogens is 8. The molecule has 0 bridgehead atoms. The first-order valence-corrected chi connectivity index (χ1v) is 8.31. The predicted molar refractivity (Wildman–Crippen MR) is 91.2 cm³/mol. The second kappa shape index (κ2) is 4.64. The number of fused-ring (bicyclic) bond motifs is 6. The Hall–Kier alpha value is -3.80. The molecule has 0 amide bonds. The standard InChI is InChI=1S/C17H11N9/c18-8-25-15(10-5-6-10)14(20-23-25)17-22-21-16-11-3-1-2-4-12(11)24-9-19-7-13(24)26(16)17/h1-4,7,9-10H,5-6H2. The Bertz CT molecular complexity index is 1360. The van der Waals surface area contributed by atoms with Crippen molar-refractivity contribution in [2.45, 2.75) is 18.8 Å². The van der Waals surface area contributed by atoms with Crippen molar-refractivity contribution in [2.75, 3.05) is 0 Å². The van der Waals surface area contributed by atoms with Crippen molar-refractivity contribution in [1.82, 2.24) is 39.0 Å². The van der Waals surface area contributed by atoms with Crippen LogP contribution in [0.3, 0.4) is 0 Å². The van der Waals surface area contributed by atoms with Crippen molar-refractivity contribution < 1.29 is 0 Å². The third-order valence-corrected chi connectivity index (χ3v) is 4.89. The van der Waals surface area contributed by atoms with Gasteiger partial charge in [-0.2, -0.15) is 5.26 Å². The van der Waals surface area contributed by atoms with Crippen molar-refractivity contribution in [3.8, 4) is 17.7 Å². The van der Waals surface area contributed by atoms with Gasteiger partial charge in [0.15, 0.2) is 17.2 Å². The van der Waals surface area contributed by atoms with Crippen LogP contribution in [-0.2, 0) is 0 Å². The van der Waals surface area contributed by atoms with Gasteiger partial charge in [0, 0.05) is 11.3 Å². The monoisotopic (exact) mass is 341 g/mol. The van der Waals surface area contributed by atoms with Crippen molar-refractivity contribution in [3.63, 3.8) is 0 Å². The quantitative estimate of drug-likeness (QED) is 0.486. The second-order valence-corrected chi connectivity index (χ2v) is 6.43. The van der Waals surface area contributed by atoms with E-state index in [1.54, 1.807) is 12.5 Å². The first-order chi connectivity index (χ1) is 12.9. The SMILES string of the molecule is N#Cn1nnc(-c2nnc3c4ccccc4n4cncc4n23)c1C1CC1. The highest BCUT2D eigenvalue weighted by atomic mass is 15.4. The topological polar surface area (TPSA) is 102 Å². The number of para-hydroxylation sites is 1. The molecule has 6 rings (SSSR count). The van der Waals surface area contributed by atoms with Crippen molar-refractivity contribution in [2.24, 2.45) is 0 Å². The molecular weight excluding hydrogens is 330 g/mol. The third kappa shape index (κ3) is 1.60. The summed E-state index contributed by atoms with van der Waals surface area (Å²) < 4.78 is 5.23. The summed E-state index contributed by atoms with van der Waals surface area (Å²) in [6, 6.07) is 8.00. The van der Waals surface area contributed by atoms with Crippen LogP contribution in [0.5, 0.6) is 0 Å². The number of imidazole rings is 1. The molecule has 9 nitrogen and oxygen atoms in total. The normalized spacial score (nSPS) is 14.4. The van der Waals surface area contributed by atoms with E-state index in [4.69, 9.17) is 0 Å². The lowest BCUT2D eigenvalue weighted by Gasteiger charge is -2.07. The molecule has 0 atom stereocenters. The molecule has 4 heterocycles. The molecule has 1 aliphatic carbocycles. The van der Waals surface area contributed by atoms with Crippen LogP contribution in [0.2, 0.25) is 0 Å². The Balaban J connectivity index is 1.78. The fourth-order valence-electron chi connectivity index (χ4n) is 3.59. The zero-order chi connectivity index (χ0) is 17.3. The lowest BCUT2D eigenvalue weighted by atomic mass is 10.2. The van der Waals surface area contributed by atoms with E-state index in [9.17, 15) is 5.26 Å². The molecule has 1 fully saturated rings. The van der Waals surface area contributed by atoms with E-state index in [1.165, 1.54) is 4.68 Å². The largest absolute Gasteiger partial charge is 0.284 e. The summed E-state index contributed by atoms with van der Waals surface area (Å²) in [5, 5.41) is 27.4. The third-order valence-electron chi connectivity index (χ3n) is 4.89. The Labute approximate surface area is 146 Å². The van der Waals surface area contributed by atoms with Gasteiger partial charge in [0.25, 0.3) is 0 Å². The van der Waals surface area contributed by atoms with Crippen molar-refractivity contribution in [1.29, 1.82) is 5.26 Å². The zero-order valence-corrected chi connectivity index (χ0v) is 13.5. The Kier molecular flexibility index (Phi) is 2.40. The van der Waals surface area contributed by atoms with Gasteiger partial charge >= 0.3 is 0 Å². The van der Waals surface area contributed by atoms with Crippen LogP contribution < -0.4 is 0 Å². The van der Waals surface area contributed by atoms with Crippen LogP contribution in [-0.4, -0.2) is 39.0 Å². The maximum absolute atomic E-state index is 9.35. The van der Waals surface area contributed by atoms with E-state index in [0.717, 1.165) is 40.7 Å². The molecule has 0 saturated heterocycles. The molecule has 9 heteroatoms. The summed E-state index contributed by atoms with van der Waals surface area (Å²) >= 11 is 0. The van der Waals surface area contributed by atoms with Crippen LogP contribution in [0.1, 0.15) is 24.5 Å². The summed E-state index contributed by atoms with van der Waals surface area (Å²) in [7, 11) is 0. The fraction of sp³-hybridized carbons (Fsp3) is 0.176. The number of nitrogens with zero attached hydrogens (tertiary/aromatic N) is 9. The van der Waals surface area contributed by atoms with Crippen LogP contribution in [0.25, 0.3) is 33.7 Å². The molecule has 1 saturated carbocycles. The summed E-state index contributed by atoms with van der Waals surface area (Å²) in [4.78, 5) is 4.30. The minimum absolute atomic E-state index is 0.299. The molecule has 1 aromatic carbocycles. The number of hydrogen-bond donors (Lipinski definition) is 0. The van der Waals surface area contributed by atoms with Crippen LogP contribution in [0, 0.1) is 11.5 Å². The Morgan fingerprint density at radius 3 is 2.85 bits per heavy atom. The highest BCUT2D eigenvalue weighted by Gasteiger charge is 2.34. The number of hydrogen-bond acceptors (Lipinski definition) is 6. The van der Waals surface area contributed by atoms with E-state index < -0.39 is 0 Å². The lowest BCUT2D eigenvalue weighted by molar-refractivity contribution is 0.776. The molecule has 4 aromatic heterocycles. The van der Waals surface area contributed by atoms with Gasteiger partial charge < -0.3 is 0 Å². The highest BCUT2D eigenvalue weighted by molar-refractivity contribution is 5.94. The predicted octanol–water partition coefficient (Wildman–Crippen LogP) is 2.00. The summed E-state index contributed by atoms with van der Waals surface area (Å²) in [6.07, 6.45) is 7.69. The summed E-state index contributed by atoms with van der Waals surface area (Å²) in [5.41, 5.74) is 4.01. The number of nitriles is 1. The molecule has 0 aliphatic heterocycles. The van der Waals surface area contributed by atoms with Gasteiger partial charge in [0.2, 0.25) is 6.19 Å². The first kappa shape index (κ1) is 13.5. The lowest BCUT2D eigenvalue weighted by Crippen LogP contribution is -2.01. The van der Waals surface area contributed by atoms with Gasteiger partial charge in [0.05, 0.1) is 17.4 Å². The van der Waals surface area contributed by atoms with Crippen molar-refractivity contribution in [3.05, 3.63) is 42.5 Å². The summed E-state index contributed by atoms with van der Waals surface area (Å²) in [5.74, 6) is 0.882. The molecule has 5 aromatic rings. The molecular formula is C17H11N9. The van der Waals surface area contributed by atoms with E-state index in [0.29, 0.717) is 17.4 Å². The minimum Gasteiger partial charge on any atom is -0.284 e. The number of rotatable bonds is 2. The van der Waals surface area contributed by atoms with Gasteiger partial charge in [0.1, 0.15) is 12.0 Å². The van der Waals surface area contributed by atoms with Gasteiger partial charge in [-0.1, -0.05) is 17.3 Å². The van der Waals surface area contributed by atoms with Gasteiger partial charge in [-0.3, -0.25) is 8.80 Å². The van der Waals surface area contributed by atoms with Crippen LogP contribution >= 0.6 is 0 Å². The highest BCUT2D eigenvalue weighted by Crippen LogP contribution is 2.43. The Morgan fingerprint density at radius 1 is 1.12 bits per heavy atom. The van der Waals surface area contributed by atoms with Gasteiger partial charge in [-0.25, -0.2) is 4.98 Å². The average molecular weight is 341 g/mol. The van der Waals surface area contributed by atoms with Crippen LogP contribution in [0.4, 0.5) is 0 Å². The molecule has 0 radical (unpaired) electrons. The van der Waals surface area contributed by atoms with Gasteiger partial charge in [-0.15, -0.1) is 20.0 Å². The fourth-order valence-corrected chi connectivity index (χ4v) is 3.59. The zero-order valence-electron chi connectivity index (χ0n) is 13.5. The van der Waals surface area contributed by atoms with E-state index in [2.05, 4.69) is 31.7 Å². The number of benzene rings is 1. The van der Waals surface area contributed by atoms with Gasteiger partial charge in [-0.05, 0) is 25.0 Å². The minimum atomic E-state index is 0.299. The summed E-state index contributed by atoms with van der Waals surface area (Å²) in [6.45, 7) is 0. The molecule has 26 heavy (non-hydrogen) atoms. The first-order valence-electron chi connectivity index (χ1n) is 8.31. The average Bonchev–Trinajstić information content (AvgIpc) is 3.11. The molecule has 0 spiro atoms. The second-order valence-electron chi connectivity index (χ2n) is 6.43. The van der Waals surface area contributed by atoms with E-state index in [1.807, 2.05) is 33.1 Å². The molecule has 1 aliphatic rings.